The molecular weight excluding hydrogens is 303 g/mol. The van der Waals surface area contributed by atoms with Crippen LogP contribution >= 0.6 is 0 Å². The summed E-state index contributed by atoms with van der Waals surface area (Å²) < 4.78 is 63.0. The van der Waals surface area contributed by atoms with Gasteiger partial charge >= 0.3 is 6.18 Å². The van der Waals surface area contributed by atoms with E-state index in [-0.39, 0.29) is 4.90 Å². The quantitative estimate of drug-likeness (QED) is 0.864. The molecule has 0 spiro atoms. The third-order valence-electron chi connectivity index (χ3n) is 2.97. The van der Waals surface area contributed by atoms with Crippen LogP contribution in [0.4, 0.5) is 18.9 Å². The number of halogens is 3. The molecule has 0 radical (unpaired) electrons. The van der Waals surface area contributed by atoms with Gasteiger partial charge in [0.2, 0.25) is 9.84 Å². The van der Waals surface area contributed by atoms with Gasteiger partial charge in [-0.1, -0.05) is 17.7 Å². The minimum absolute atomic E-state index is 0.0639. The van der Waals surface area contributed by atoms with E-state index in [0.717, 1.165) is 17.7 Å². The largest absolute Gasteiger partial charge is 0.418 e. The number of nitrogens with two attached hydrogens (primary N) is 1. The van der Waals surface area contributed by atoms with Crippen LogP contribution in [0.15, 0.2) is 52.3 Å². The van der Waals surface area contributed by atoms with Gasteiger partial charge in [0.25, 0.3) is 0 Å². The predicted molar refractivity (Wildman–Crippen MR) is 72.5 cm³/mol. The number of sulfone groups is 1. The van der Waals surface area contributed by atoms with Crippen molar-refractivity contribution in [3.05, 3.63) is 53.6 Å². The molecule has 0 heterocycles. The van der Waals surface area contributed by atoms with Gasteiger partial charge in [0.05, 0.1) is 15.4 Å². The van der Waals surface area contributed by atoms with Crippen molar-refractivity contribution in [2.75, 3.05) is 5.73 Å². The molecular formula is C14H12F3NO2S. The fraction of sp³-hybridized carbons (Fsp3) is 0.143. The van der Waals surface area contributed by atoms with E-state index in [1.54, 1.807) is 19.1 Å². The van der Waals surface area contributed by atoms with Gasteiger partial charge in [-0.15, -0.1) is 0 Å². The number of hydrogen-bond acceptors (Lipinski definition) is 3. The average molecular weight is 315 g/mol. The summed E-state index contributed by atoms with van der Waals surface area (Å²) in [4.78, 5) is -0.501. The highest BCUT2D eigenvalue weighted by Gasteiger charge is 2.34. The molecule has 0 unspecified atom stereocenters. The predicted octanol–water partition coefficient (Wildman–Crippen LogP) is 3.43. The number of alkyl halides is 3. The van der Waals surface area contributed by atoms with Crippen LogP contribution in [-0.4, -0.2) is 8.42 Å². The van der Waals surface area contributed by atoms with E-state index >= 15 is 0 Å². The van der Waals surface area contributed by atoms with E-state index in [1.807, 2.05) is 0 Å². The third-order valence-corrected chi connectivity index (χ3v) is 4.74. The van der Waals surface area contributed by atoms with E-state index < -0.39 is 32.2 Å². The van der Waals surface area contributed by atoms with Crippen LogP contribution in [0.2, 0.25) is 0 Å². The van der Waals surface area contributed by atoms with E-state index in [1.165, 1.54) is 12.1 Å². The molecule has 0 aliphatic rings. The van der Waals surface area contributed by atoms with E-state index in [0.29, 0.717) is 6.07 Å². The van der Waals surface area contributed by atoms with Crippen LogP contribution in [0.5, 0.6) is 0 Å². The highest BCUT2D eigenvalue weighted by Crippen LogP contribution is 2.35. The Morgan fingerprint density at radius 1 is 0.952 bits per heavy atom. The Morgan fingerprint density at radius 2 is 1.48 bits per heavy atom. The Kier molecular flexibility index (Phi) is 3.71. The Morgan fingerprint density at radius 3 is 2.00 bits per heavy atom. The van der Waals surface area contributed by atoms with Crippen LogP contribution < -0.4 is 5.73 Å². The summed E-state index contributed by atoms with van der Waals surface area (Å²) in [6.45, 7) is 1.78. The van der Waals surface area contributed by atoms with Crippen LogP contribution in [0, 0.1) is 6.92 Å². The van der Waals surface area contributed by atoms with Crippen LogP contribution in [0.3, 0.4) is 0 Å². The molecule has 0 atom stereocenters. The van der Waals surface area contributed by atoms with Crippen LogP contribution in [0.1, 0.15) is 11.1 Å². The van der Waals surface area contributed by atoms with Gasteiger partial charge in [-0.05, 0) is 37.3 Å². The summed E-state index contributed by atoms with van der Waals surface area (Å²) in [5.41, 5.74) is 4.45. The smallest absolute Gasteiger partial charge is 0.398 e. The molecule has 2 aromatic carbocycles. The molecule has 7 heteroatoms. The fourth-order valence-corrected chi connectivity index (χ4v) is 3.09. The molecule has 0 saturated heterocycles. The summed E-state index contributed by atoms with van der Waals surface area (Å²) in [7, 11) is -4.01. The standard InChI is InChI=1S/C14H12F3NO2S/c1-9-2-4-10(5-3-9)21(19,20)11-6-7-13(18)12(8-11)14(15,16)17/h2-8H,18H2,1H3. The molecule has 3 nitrogen and oxygen atoms in total. The second-order valence-electron chi connectivity index (χ2n) is 4.56. The van der Waals surface area contributed by atoms with E-state index in [4.69, 9.17) is 5.73 Å². The zero-order valence-electron chi connectivity index (χ0n) is 11.0. The van der Waals surface area contributed by atoms with Gasteiger partial charge in [-0.3, -0.25) is 0 Å². The molecule has 112 valence electrons. The monoisotopic (exact) mass is 315 g/mol. The molecule has 2 rings (SSSR count). The number of benzene rings is 2. The van der Waals surface area contributed by atoms with Crippen molar-refractivity contribution in [3.8, 4) is 0 Å². The molecule has 0 fully saturated rings. The lowest BCUT2D eigenvalue weighted by Gasteiger charge is -2.12. The van der Waals surface area contributed by atoms with Crippen molar-refractivity contribution in [3.63, 3.8) is 0 Å². The Labute approximate surface area is 120 Å². The summed E-state index contributed by atoms with van der Waals surface area (Å²) in [5.74, 6) is 0. The maximum absolute atomic E-state index is 12.8. The number of hydrogen-bond donors (Lipinski definition) is 1. The first-order valence-corrected chi connectivity index (χ1v) is 7.39. The van der Waals surface area contributed by atoms with Crippen molar-refractivity contribution in [1.82, 2.24) is 0 Å². The number of nitrogen functional groups attached to an aromatic ring is 1. The summed E-state index contributed by atoms with van der Waals surface area (Å²) in [5, 5.41) is 0. The minimum atomic E-state index is -4.71. The topological polar surface area (TPSA) is 60.2 Å². The SMILES string of the molecule is Cc1ccc(S(=O)(=O)c2ccc(N)c(C(F)(F)F)c2)cc1. The number of rotatable bonds is 2. The second kappa shape index (κ2) is 5.07. The van der Waals surface area contributed by atoms with Crippen molar-refractivity contribution in [2.45, 2.75) is 22.9 Å². The first-order chi connectivity index (χ1) is 9.62. The first-order valence-electron chi connectivity index (χ1n) is 5.91. The number of aryl methyl sites for hydroxylation is 1. The van der Waals surface area contributed by atoms with Gasteiger partial charge in [-0.25, -0.2) is 8.42 Å². The molecule has 0 aromatic heterocycles. The average Bonchev–Trinajstić information content (AvgIpc) is 2.38. The zero-order valence-corrected chi connectivity index (χ0v) is 11.8. The minimum Gasteiger partial charge on any atom is -0.398 e. The first kappa shape index (κ1) is 15.4. The zero-order chi connectivity index (χ0) is 15.8. The fourth-order valence-electron chi connectivity index (χ4n) is 1.80. The lowest BCUT2D eigenvalue weighted by molar-refractivity contribution is -0.137. The molecule has 0 aliphatic carbocycles. The molecule has 0 saturated carbocycles. The molecule has 2 N–H and O–H groups in total. The Balaban J connectivity index is 2.58. The van der Waals surface area contributed by atoms with Crippen LogP contribution in [0.25, 0.3) is 0 Å². The molecule has 2 aromatic rings. The lowest BCUT2D eigenvalue weighted by Crippen LogP contribution is -2.11. The van der Waals surface area contributed by atoms with Gasteiger partial charge in [0.15, 0.2) is 0 Å². The highest BCUT2D eigenvalue weighted by atomic mass is 32.2. The maximum Gasteiger partial charge on any atom is 0.418 e. The second-order valence-corrected chi connectivity index (χ2v) is 6.51. The highest BCUT2D eigenvalue weighted by molar-refractivity contribution is 7.91. The van der Waals surface area contributed by atoms with E-state index in [9.17, 15) is 21.6 Å². The lowest BCUT2D eigenvalue weighted by atomic mass is 10.2. The van der Waals surface area contributed by atoms with Gasteiger partial charge in [-0.2, -0.15) is 13.2 Å². The summed E-state index contributed by atoms with van der Waals surface area (Å²) in [6.07, 6.45) is -4.71. The van der Waals surface area contributed by atoms with Crippen LogP contribution in [-0.2, 0) is 16.0 Å². The van der Waals surface area contributed by atoms with Gasteiger partial charge in [0, 0.05) is 5.69 Å². The third kappa shape index (κ3) is 3.02. The normalized spacial score (nSPS) is 12.4. The Bertz CT molecular complexity index is 766. The van der Waals surface area contributed by atoms with Gasteiger partial charge in [0.1, 0.15) is 0 Å². The summed E-state index contributed by atoms with van der Waals surface area (Å²) >= 11 is 0. The molecule has 0 bridgehead atoms. The van der Waals surface area contributed by atoms with E-state index in [2.05, 4.69) is 0 Å². The molecule has 0 aliphatic heterocycles. The van der Waals surface area contributed by atoms with Crippen molar-refractivity contribution in [1.29, 1.82) is 0 Å². The van der Waals surface area contributed by atoms with Crippen molar-refractivity contribution >= 4 is 15.5 Å². The Hall–Kier alpha value is -2.02. The molecule has 0 amide bonds. The van der Waals surface area contributed by atoms with Crippen molar-refractivity contribution < 1.29 is 21.6 Å². The number of anilines is 1. The summed E-state index contributed by atoms with van der Waals surface area (Å²) in [6, 6.07) is 8.44. The van der Waals surface area contributed by atoms with Crippen molar-refractivity contribution in [2.24, 2.45) is 0 Å². The molecule has 21 heavy (non-hydrogen) atoms. The van der Waals surface area contributed by atoms with Gasteiger partial charge < -0.3 is 5.73 Å². The maximum atomic E-state index is 12.8.